The number of ether oxygens (including phenoxy) is 1. The Hall–Kier alpha value is -2.15. The average molecular weight is 519 g/mol. The number of amides is 1. The first-order valence-electron chi connectivity index (χ1n) is 11.3. The van der Waals surface area contributed by atoms with Gasteiger partial charge in [-0.3, -0.25) is 4.79 Å². The lowest BCUT2D eigenvalue weighted by Crippen LogP contribution is -2.48. The Morgan fingerprint density at radius 2 is 2.00 bits per heavy atom. The van der Waals surface area contributed by atoms with Crippen LogP contribution in [0.15, 0.2) is 42.0 Å². The summed E-state index contributed by atoms with van der Waals surface area (Å²) in [5.41, 5.74) is 4.80. The summed E-state index contributed by atoms with van der Waals surface area (Å²) in [6, 6.07) is 11.0. The number of nitrogens with zero attached hydrogens (tertiary/aromatic N) is 1. The number of piperidine rings is 1. The summed E-state index contributed by atoms with van der Waals surface area (Å²) < 4.78 is 5.41. The highest BCUT2D eigenvalue weighted by Crippen LogP contribution is 2.56. The predicted octanol–water partition coefficient (Wildman–Crippen LogP) is 6.24. The molecule has 2 aromatic rings. The second-order valence-electron chi connectivity index (χ2n) is 8.69. The van der Waals surface area contributed by atoms with Crippen molar-refractivity contribution in [2.24, 2.45) is 0 Å². The van der Waals surface area contributed by atoms with Gasteiger partial charge in [0.2, 0.25) is 0 Å². The summed E-state index contributed by atoms with van der Waals surface area (Å²) in [5.74, 6) is 0.257. The Morgan fingerprint density at radius 1 is 1.26 bits per heavy atom. The van der Waals surface area contributed by atoms with Gasteiger partial charge in [0, 0.05) is 34.6 Å². The number of carbonyl (C=O) groups excluding carboxylic acids is 1. The maximum atomic E-state index is 13.3. The molecule has 8 heteroatoms. The Morgan fingerprint density at radius 3 is 2.62 bits per heavy atom. The number of methoxy groups -OCH3 is 1. The van der Waals surface area contributed by atoms with Crippen LogP contribution in [0.3, 0.4) is 0 Å². The zero-order valence-corrected chi connectivity index (χ0v) is 22.1. The molecule has 1 saturated carbocycles. The molecule has 2 fully saturated rings. The zero-order chi connectivity index (χ0) is 24.6. The van der Waals surface area contributed by atoms with Crippen molar-refractivity contribution in [1.82, 2.24) is 10.2 Å². The normalized spacial score (nSPS) is 20.7. The van der Waals surface area contributed by atoms with Crippen LogP contribution in [-0.4, -0.2) is 49.5 Å². The van der Waals surface area contributed by atoms with Crippen molar-refractivity contribution in [2.45, 2.75) is 37.0 Å². The zero-order valence-electron chi connectivity index (χ0n) is 19.8. The van der Waals surface area contributed by atoms with Gasteiger partial charge in [-0.25, -0.2) is 0 Å². The fourth-order valence-electron chi connectivity index (χ4n) is 4.68. The average Bonchev–Trinajstić information content (AvgIpc) is 3.63. The monoisotopic (exact) mass is 517 g/mol. The lowest BCUT2D eigenvalue weighted by molar-refractivity contribution is 0.0728. The number of hydrogen-bond acceptors (Lipinski definition) is 5. The number of halogens is 2. The van der Waals surface area contributed by atoms with E-state index in [1.807, 2.05) is 31.8 Å². The largest absolute Gasteiger partial charge is 0.495 e. The fraction of sp³-hybridized carbons (Fsp3) is 0.385. The van der Waals surface area contributed by atoms with Crippen molar-refractivity contribution in [3.63, 3.8) is 0 Å². The van der Waals surface area contributed by atoms with Gasteiger partial charge in [-0.15, -0.1) is 0 Å². The smallest absolute Gasteiger partial charge is 0.256 e. The second-order valence-corrected chi connectivity index (χ2v) is 10.7. The SMILES string of the molecule is CN/C(=C1/CCN(C(=O)c2cccc(OC)c2Cl)C(C)C1=N)c1cc(Cl)cc(C2(SC)CC2)c1. The third-order valence-electron chi connectivity index (χ3n) is 6.85. The third-order valence-corrected chi connectivity index (χ3v) is 8.88. The maximum Gasteiger partial charge on any atom is 0.256 e. The Bertz CT molecular complexity index is 1180. The Kier molecular flexibility index (Phi) is 7.22. The lowest BCUT2D eigenvalue weighted by Gasteiger charge is -2.36. The molecule has 0 aromatic heterocycles. The number of carbonyl (C=O) groups is 1. The van der Waals surface area contributed by atoms with Crippen LogP contribution in [0.5, 0.6) is 5.75 Å². The van der Waals surface area contributed by atoms with Gasteiger partial charge in [0.05, 0.1) is 29.4 Å². The van der Waals surface area contributed by atoms with Crippen LogP contribution in [0.4, 0.5) is 0 Å². The molecule has 1 amide bonds. The van der Waals surface area contributed by atoms with Gasteiger partial charge in [-0.05, 0) is 73.9 Å². The minimum atomic E-state index is -0.401. The quantitative estimate of drug-likeness (QED) is 0.475. The van der Waals surface area contributed by atoms with Crippen LogP contribution in [-0.2, 0) is 4.75 Å². The first-order chi connectivity index (χ1) is 16.3. The van der Waals surface area contributed by atoms with E-state index in [0.717, 1.165) is 29.7 Å². The molecule has 1 aliphatic carbocycles. The van der Waals surface area contributed by atoms with Crippen molar-refractivity contribution >= 4 is 52.3 Å². The van der Waals surface area contributed by atoms with Crippen molar-refractivity contribution in [3.05, 3.63) is 68.7 Å². The van der Waals surface area contributed by atoms with E-state index in [1.54, 1.807) is 23.1 Å². The van der Waals surface area contributed by atoms with E-state index in [4.69, 9.17) is 33.3 Å². The molecule has 4 rings (SSSR count). The molecule has 1 unspecified atom stereocenters. The van der Waals surface area contributed by atoms with Crippen molar-refractivity contribution < 1.29 is 9.53 Å². The summed E-state index contributed by atoms with van der Waals surface area (Å²) in [4.78, 5) is 15.0. The first kappa shape index (κ1) is 25.0. The molecule has 1 aliphatic heterocycles. The molecule has 34 heavy (non-hydrogen) atoms. The molecular formula is C26H29Cl2N3O2S. The number of likely N-dealkylation sites (tertiary alicyclic amines) is 1. The summed E-state index contributed by atoms with van der Waals surface area (Å²) >= 11 is 14.8. The highest BCUT2D eigenvalue weighted by molar-refractivity contribution is 7.99. The van der Waals surface area contributed by atoms with Crippen LogP contribution in [0.25, 0.3) is 5.70 Å². The minimum Gasteiger partial charge on any atom is -0.495 e. The topological polar surface area (TPSA) is 65.4 Å². The van der Waals surface area contributed by atoms with Crippen molar-refractivity contribution in [1.29, 1.82) is 5.41 Å². The molecule has 2 aliphatic rings. The molecule has 1 heterocycles. The van der Waals surface area contributed by atoms with Crippen molar-refractivity contribution in [2.75, 3.05) is 27.0 Å². The fourth-order valence-corrected chi connectivity index (χ4v) is 6.07. The highest BCUT2D eigenvalue weighted by atomic mass is 35.5. The Balaban J connectivity index is 1.66. The van der Waals surface area contributed by atoms with Crippen LogP contribution < -0.4 is 10.1 Å². The van der Waals surface area contributed by atoms with E-state index in [-0.39, 0.29) is 10.7 Å². The molecule has 1 saturated heterocycles. The van der Waals surface area contributed by atoms with Crippen LogP contribution in [0, 0.1) is 5.41 Å². The summed E-state index contributed by atoms with van der Waals surface area (Å²) in [6.07, 6.45) is 5.00. The van der Waals surface area contributed by atoms with Crippen LogP contribution in [0.1, 0.15) is 47.7 Å². The molecular weight excluding hydrogens is 489 g/mol. The predicted molar refractivity (Wildman–Crippen MR) is 143 cm³/mol. The molecule has 1 atom stereocenters. The summed E-state index contributed by atoms with van der Waals surface area (Å²) in [7, 11) is 3.40. The van der Waals surface area contributed by atoms with E-state index in [9.17, 15) is 4.79 Å². The number of rotatable bonds is 6. The molecule has 0 bridgehead atoms. The van der Waals surface area contributed by atoms with E-state index in [2.05, 4.69) is 23.7 Å². The van der Waals surface area contributed by atoms with Gasteiger partial charge in [0.1, 0.15) is 5.75 Å². The molecule has 2 aromatic carbocycles. The van der Waals surface area contributed by atoms with Gasteiger partial charge >= 0.3 is 0 Å². The van der Waals surface area contributed by atoms with E-state index in [0.29, 0.717) is 40.0 Å². The standard InChI is InChI=1S/C26H29Cl2N3O2S/c1-15-23(29)20(8-11-31(15)25(32)19-6-5-7-21(33-3)22(19)28)24(30-2)16-12-17(14-18(27)13-16)26(34-4)9-10-26/h5-7,12-15,29-30H,8-11H2,1-4H3/b24-20-,29-23?. The van der Waals surface area contributed by atoms with Gasteiger partial charge in [0.25, 0.3) is 5.91 Å². The Labute approximate surface area is 215 Å². The second kappa shape index (κ2) is 9.84. The van der Waals surface area contributed by atoms with Gasteiger partial charge < -0.3 is 20.4 Å². The molecule has 2 N–H and O–H groups in total. The third kappa shape index (κ3) is 4.43. The summed E-state index contributed by atoms with van der Waals surface area (Å²) in [6.45, 7) is 2.37. The van der Waals surface area contributed by atoms with E-state index in [1.165, 1.54) is 12.7 Å². The van der Waals surface area contributed by atoms with Gasteiger partial charge in [-0.2, -0.15) is 11.8 Å². The molecule has 180 valence electrons. The maximum absolute atomic E-state index is 13.3. The number of nitrogens with one attached hydrogen (secondary N) is 2. The van der Waals surface area contributed by atoms with E-state index < -0.39 is 6.04 Å². The summed E-state index contributed by atoms with van der Waals surface area (Å²) in [5, 5.41) is 13.2. The number of thioether (sulfide) groups is 1. The minimum absolute atomic E-state index is 0.149. The number of benzene rings is 2. The van der Waals surface area contributed by atoms with Gasteiger partial charge in [0.15, 0.2) is 0 Å². The van der Waals surface area contributed by atoms with E-state index >= 15 is 0 Å². The molecule has 0 radical (unpaired) electrons. The molecule has 5 nitrogen and oxygen atoms in total. The van der Waals surface area contributed by atoms with Crippen molar-refractivity contribution in [3.8, 4) is 5.75 Å². The first-order valence-corrected chi connectivity index (χ1v) is 13.2. The molecule has 0 spiro atoms. The number of hydrogen-bond donors (Lipinski definition) is 2. The highest BCUT2D eigenvalue weighted by Gasteiger charge is 2.44. The van der Waals surface area contributed by atoms with Crippen LogP contribution in [0.2, 0.25) is 10.0 Å². The van der Waals surface area contributed by atoms with Gasteiger partial charge in [-0.1, -0.05) is 29.3 Å². The lowest BCUT2D eigenvalue weighted by atomic mass is 9.90. The van der Waals surface area contributed by atoms with Crippen LogP contribution >= 0.6 is 35.0 Å².